The maximum atomic E-state index is 11.5. The van der Waals surface area contributed by atoms with Crippen LogP contribution in [0.15, 0.2) is 29.0 Å². The van der Waals surface area contributed by atoms with E-state index < -0.39 is 0 Å². The fourth-order valence-corrected chi connectivity index (χ4v) is 1.70. The Morgan fingerprint density at radius 2 is 2.11 bits per heavy atom. The molecule has 0 aliphatic heterocycles. The van der Waals surface area contributed by atoms with Crippen LogP contribution in [0.2, 0.25) is 10.0 Å². The fraction of sp³-hybridized carbons (Fsp3) is 0.167. The molecule has 1 aromatic carbocycles. The van der Waals surface area contributed by atoms with Crippen molar-refractivity contribution in [2.24, 2.45) is 0 Å². The van der Waals surface area contributed by atoms with E-state index in [1.807, 2.05) is 0 Å². The van der Waals surface area contributed by atoms with Crippen molar-refractivity contribution in [1.29, 1.82) is 0 Å². The van der Waals surface area contributed by atoms with E-state index in [0.717, 1.165) is 0 Å². The molecule has 0 amide bonds. The summed E-state index contributed by atoms with van der Waals surface area (Å²) in [5.41, 5.74) is 1.00. The molecule has 18 heavy (non-hydrogen) atoms. The van der Waals surface area contributed by atoms with Crippen LogP contribution in [0.25, 0.3) is 0 Å². The molecule has 0 aliphatic rings. The van der Waals surface area contributed by atoms with Crippen LogP contribution in [0.1, 0.15) is 23.0 Å². The molecule has 0 bridgehead atoms. The van der Waals surface area contributed by atoms with Crippen molar-refractivity contribution in [2.75, 3.05) is 0 Å². The lowest BCUT2D eigenvalue weighted by Gasteiger charge is -2.10. The first-order valence-corrected chi connectivity index (χ1v) is 5.85. The number of nitrogens with zero attached hydrogens (tertiary/aromatic N) is 1. The Hall–Kier alpha value is -1.52. The summed E-state index contributed by atoms with van der Waals surface area (Å²) in [6.45, 7) is 1.62. The summed E-state index contributed by atoms with van der Waals surface area (Å²) in [4.78, 5) is 11.5. The molecule has 0 saturated heterocycles. The number of halogens is 2. The van der Waals surface area contributed by atoms with Crippen LogP contribution in [0.5, 0.6) is 5.75 Å². The molecule has 1 heterocycles. The molecule has 2 aromatic rings. The lowest BCUT2D eigenvalue weighted by atomic mass is 10.1. The molecule has 6 heteroatoms. The van der Waals surface area contributed by atoms with Crippen molar-refractivity contribution in [2.45, 2.75) is 13.5 Å². The standard InChI is InChI=1S/C12H9Cl2NO3/c1-7(16)9-4-10(13)11(14)5-12(9)17-6-8-2-3-18-15-8/h2-5H,6H2,1H3. The van der Waals surface area contributed by atoms with Gasteiger partial charge in [-0.15, -0.1) is 0 Å². The van der Waals surface area contributed by atoms with E-state index in [4.69, 9.17) is 27.9 Å². The summed E-state index contributed by atoms with van der Waals surface area (Å²) in [7, 11) is 0. The number of ether oxygens (including phenoxy) is 1. The third-order valence-electron chi connectivity index (χ3n) is 2.27. The van der Waals surface area contributed by atoms with Gasteiger partial charge in [-0.3, -0.25) is 4.79 Å². The molecule has 1 aromatic heterocycles. The Kier molecular flexibility index (Phi) is 3.89. The van der Waals surface area contributed by atoms with E-state index in [0.29, 0.717) is 27.1 Å². The quantitative estimate of drug-likeness (QED) is 0.803. The second-order valence-electron chi connectivity index (χ2n) is 3.60. The Morgan fingerprint density at radius 3 is 2.72 bits per heavy atom. The van der Waals surface area contributed by atoms with Gasteiger partial charge in [0, 0.05) is 12.1 Å². The van der Waals surface area contributed by atoms with Gasteiger partial charge < -0.3 is 9.26 Å². The van der Waals surface area contributed by atoms with Crippen LogP contribution in [-0.2, 0) is 6.61 Å². The van der Waals surface area contributed by atoms with Gasteiger partial charge in [0.25, 0.3) is 0 Å². The third kappa shape index (κ3) is 2.83. The number of Topliss-reactive ketones (excluding diaryl/α,β-unsaturated/α-hetero) is 1. The lowest BCUT2D eigenvalue weighted by Crippen LogP contribution is -2.02. The summed E-state index contributed by atoms with van der Waals surface area (Å²) in [6.07, 6.45) is 1.44. The zero-order valence-corrected chi connectivity index (χ0v) is 11.0. The molecule has 94 valence electrons. The number of aromatic nitrogens is 1. The molecular weight excluding hydrogens is 277 g/mol. The van der Waals surface area contributed by atoms with Gasteiger partial charge in [0.1, 0.15) is 24.3 Å². The molecule has 0 N–H and O–H groups in total. The Balaban J connectivity index is 2.25. The molecule has 0 saturated carbocycles. The molecule has 0 aliphatic carbocycles. The average Bonchev–Trinajstić information content (AvgIpc) is 2.83. The van der Waals surface area contributed by atoms with Crippen molar-refractivity contribution in [3.05, 3.63) is 45.8 Å². The maximum Gasteiger partial charge on any atom is 0.163 e. The maximum absolute atomic E-state index is 11.5. The predicted octanol–water partition coefficient (Wildman–Crippen LogP) is 3.76. The number of ketones is 1. The SMILES string of the molecule is CC(=O)c1cc(Cl)c(Cl)cc1OCc1ccon1. The highest BCUT2D eigenvalue weighted by Gasteiger charge is 2.13. The lowest BCUT2D eigenvalue weighted by molar-refractivity contribution is 0.101. The second kappa shape index (κ2) is 5.42. The highest BCUT2D eigenvalue weighted by molar-refractivity contribution is 6.42. The number of hydrogen-bond donors (Lipinski definition) is 0. The predicted molar refractivity (Wildman–Crippen MR) is 67.3 cm³/mol. The summed E-state index contributed by atoms with van der Waals surface area (Å²) in [5, 5.41) is 4.35. The zero-order chi connectivity index (χ0) is 13.1. The fourth-order valence-electron chi connectivity index (χ4n) is 1.39. The number of carbonyl (C=O) groups excluding carboxylic acids is 1. The van der Waals surface area contributed by atoms with Crippen molar-refractivity contribution in [3.8, 4) is 5.75 Å². The van der Waals surface area contributed by atoms with Gasteiger partial charge in [0.2, 0.25) is 0 Å². The Morgan fingerprint density at radius 1 is 1.39 bits per heavy atom. The van der Waals surface area contributed by atoms with Crippen molar-refractivity contribution in [3.63, 3.8) is 0 Å². The van der Waals surface area contributed by atoms with Gasteiger partial charge in [-0.25, -0.2) is 0 Å². The van der Waals surface area contributed by atoms with E-state index in [9.17, 15) is 4.79 Å². The second-order valence-corrected chi connectivity index (χ2v) is 4.41. The van der Waals surface area contributed by atoms with Crippen molar-refractivity contribution in [1.82, 2.24) is 5.16 Å². The minimum absolute atomic E-state index is 0.149. The van der Waals surface area contributed by atoms with Crippen LogP contribution in [0, 0.1) is 0 Å². The number of benzene rings is 1. The average molecular weight is 286 g/mol. The number of hydrogen-bond acceptors (Lipinski definition) is 4. The molecule has 0 radical (unpaired) electrons. The van der Waals surface area contributed by atoms with Crippen LogP contribution < -0.4 is 4.74 Å². The molecule has 0 unspecified atom stereocenters. The minimum Gasteiger partial charge on any atom is -0.486 e. The van der Waals surface area contributed by atoms with Gasteiger partial charge in [-0.05, 0) is 13.0 Å². The summed E-state index contributed by atoms with van der Waals surface area (Å²) in [5.74, 6) is 0.226. The van der Waals surface area contributed by atoms with Crippen LogP contribution in [0.3, 0.4) is 0 Å². The van der Waals surface area contributed by atoms with Crippen LogP contribution >= 0.6 is 23.2 Å². The zero-order valence-electron chi connectivity index (χ0n) is 9.44. The largest absolute Gasteiger partial charge is 0.486 e. The summed E-state index contributed by atoms with van der Waals surface area (Å²) >= 11 is 11.8. The molecular formula is C12H9Cl2NO3. The monoisotopic (exact) mass is 285 g/mol. The third-order valence-corrected chi connectivity index (χ3v) is 2.99. The van der Waals surface area contributed by atoms with E-state index in [1.54, 1.807) is 6.07 Å². The molecule has 0 atom stereocenters. The van der Waals surface area contributed by atoms with Crippen molar-refractivity contribution < 1.29 is 14.1 Å². The molecule has 0 fully saturated rings. The summed E-state index contributed by atoms with van der Waals surface area (Å²) < 4.78 is 10.2. The van der Waals surface area contributed by atoms with E-state index in [2.05, 4.69) is 9.68 Å². The Bertz CT molecular complexity index is 567. The van der Waals surface area contributed by atoms with Crippen LogP contribution in [-0.4, -0.2) is 10.9 Å². The van der Waals surface area contributed by atoms with Gasteiger partial charge >= 0.3 is 0 Å². The number of rotatable bonds is 4. The number of carbonyl (C=O) groups is 1. The van der Waals surface area contributed by atoms with Gasteiger partial charge in [0.15, 0.2) is 5.78 Å². The van der Waals surface area contributed by atoms with Crippen LogP contribution in [0.4, 0.5) is 0 Å². The first-order chi connectivity index (χ1) is 8.58. The molecule has 2 rings (SSSR count). The normalized spacial score (nSPS) is 10.4. The molecule has 0 spiro atoms. The van der Waals surface area contributed by atoms with E-state index in [1.165, 1.54) is 25.3 Å². The smallest absolute Gasteiger partial charge is 0.163 e. The van der Waals surface area contributed by atoms with Crippen molar-refractivity contribution >= 4 is 29.0 Å². The highest BCUT2D eigenvalue weighted by Crippen LogP contribution is 2.31. The first kappa shape index (κ1) is 12.9. The van der Waals surface area contributed by atoms with Gasteiger partial charge in [0.05, 0.1) is 15.6 Å². The minimum atomic E-state index is -0.149. The topological polar surface area (TPSA) is 52.3 Å². The first-order valence-electron chi connectivity index (χ1n) is 5.10. The highest BCUT2D eigenvalue weighted by atomic mass is 35.5. The van der Waals surface area contributed by atoms with Gasteiger partial charge in [-0.1, -0.05) is 28.4 Å². The molecule has 4 nitrogen and oxygen atoms in total. The van der Waals surface area contributed by atoms with E-state index >= 15 is 0 Å². The van der Waals surface area contributed by atoms with E-state index in [-0.39, 0.29) is 12.4 Å². The summed E-state index contributed by atoms with van der Waals surface area (Å²) in [6, 6.07) is 4.68. The Labute approximate surface area is 113 Å². The van der Waals surface area contributed by atoms with Gasteiger partial charge in [-0.2, -0.15) is 0 Å².